The van der Waals surface area contributed by atoms with Gasteiger partial charge in [0.15, 0.2) is 0 Å². The molecule has 0 fully saturated rings. The van der Waals surface area contributed by atoms with E-state index in [4.69, 9.17) is 4.74 Å². The van der Waals surface area contributed by atoms with Crippen molar-refractivity contribution in [3.8, 4) is 0 Å². The van der Waals surface area contributed by atoms with Gasteiger partial charge in [-0.25, -0.2) is 4.98 Å². The number of methoxy groups -OCH3 is 1. The number of nitrogens with zero attached hydrogens (tertiary/aromatic N) is 1. The van der Waals surface area contributed by atoms with Gasteiger partial charge in [0.25, 0.3) is 5.56 Å². The molecule has 16 heavy (non-hydrogen) atoms. The third-order valence-electron chi connectivity index (χ3n) is 2.67. The van der Waals surface area contributed by atoms with Gasteiger partial charge in [-0.2, -0.15) is 0 Å². The van der Waals surface area contributed by atoms with E-state index >= 15 is 0 Å². The summed E-state index contributed by atoms with van der Waals surface area (Å²) in [6.07, 6.45) is 2.67. The van der Waals surface area contributed by atoms with Crippen molar-refractivity contribution in [2.24, 2.45) is 0 Å². The quantitative estimate of drug-likeness (QED) is 0.750. The van der Waals surface area contributed by atoms with E-state index in [0.29, 0.717) is 12.5 Å². The van der Waals surface area contributed by atoms with E-state index in [0.717, 1.165) is 30.8 Å². The highest BCUT2D eigenvalue weighted by Gasteiger charge is 2.07. The average molecular weight is 224 g/mol. The summed E-state index contributed by atoms with van der Waals surface area (Å²) in [5, 5.41) is 0. The molecular formula is C12H20N2O2. The number of hydrogen-bond donors (Lipinski definition) is 1. The summed E-state index contributed by atoms with van der Waals surface area (Å²) in [6, 6.07) is 1.57. The molecule has 0 aromatic carbocycles. The summed E-state index contributed by atoms with van der Waals surface area (Å²) < 4.78 is 4.98. The third kappa shape index (κ3) is 3.77. The summed E-state index contributed by atoms with van der Waals surface area (Å²) in [4.78, 5) is 18.7. The van der Waals surface area contributed by atoms with Crippen LogP contribution in [0.4, 0.5) is 0 Å². The maximum atomic E-state index is 11.4. The lowest BCUT2D eigenvalue weighted by molar-refractivity contribution is 0.195. The first-order valence-corrected chi connectivity index (χ1v) is 5.76. The van der Waals surface area contributed by atoms with Gasteiger partial charge in [-0.05, 0) is 19.3 Å². The number of H-pyrrole nitrogens is 1. The smallest absolute Gasteiger partial charge is 0.251 e. The minimum absolute atomic E-state index is 0.0577. The van der Waals surface area contributed by atoms with Crippen LogP contribution in [0.3, 0.4) is 0 Å². The van der Waals surface area contributed by atoms with Crippen LogP contribution in [0, 0.1) is 0 Å². The van der Waals surface area contributed by atoms with Crippen molar-refractivity contribution in [3.63, 3.8) is 0 Å². The van der Waals surface area contributed by atoms with Gasteiger partial charge in [-0.3, -0.25) is 4.79 Å². The molecule has 1 heterocycles. The van der Waals surface area contributed by atoms with E-state index in [1.54, 1.807) is 13.2 Å². The highest BCUT2D eigenvalue weighted by atomic mass is 16.5. The van der Waals surface area contributed by atoms with E-state index in [2.05, 4.69) is 23.8 Å². The zero-order valence-electron chi connectivity index (χ0n) is 10.2. The molecule has 0 bridgehead atoms. The lowest BCUT2D eigenvalue weighted by atomic mass is 10.1. The molecule has 1 aromatic heterocycles. The van der Waals surface area contributed by atoms with Crippen LogP contribution >= 0.6 is 0 Å². The highest BCUT2D eigenvalue weighted by Crippen LogP contribution is 2.12. The largest absolute Gasteiger partial charge is 0.385 e. The normalized spacial score (nSPS) is 12.7. The van der Waals surface area contributed by atoms with Gasteiger partial charge < -0.3 is 9.72 Å². The third-order valence-corrected chi connectivity index (χ3v) is 2.67. The number of rotatable bonds is 6. The molecule has 1 aromatic rings. The highest BCUT2D eigenvalue weighted by molar-refractivity contribution is 5.05. The van der Waals surface area contributed by atoms with E-state index < -0.39 is 0 Å². The van der Waals surface area contributed by atoms with Crippen molar-refractivity contribution in [2.45, 2.75) is 39.0 Å². The van der Waals surface area contributed by atoms with Crippen LogP contribution in [-0.2, 0) is 11.2 Å². The number of aromatic nitrogens is 2. The Labute approximate surface area is 96.1 Å². The minimum Gasteiger partial charge on any atom is -0.385 e. The van der Waals surface area contributed by atoms with Crippen LogP contribution in [0.25, 0.3) is 0 Å². The second kappa shape index (κ2) is 6.43. The van der Waals surface area contributed by atoms with Gasteiger partial charge in [0.1, 0.15) is 5.82 Å². The monoisotopic (exact) mass is 224 g/mol. The summed E-state index contributed by atoms with van der Waals surface area (Å²) in [5.74, 6) is 1.09. The summed E-state index contributed by atoms with van der Waals surface area (Å²) in [6.45, 7) is 4.85. The number of aryl methyl sites for hydroxylation is 1. The Morgan fingerprint density at radius 3 is 2.94 bits per heavy atom. The van der Waals surface area contributed by atoms with Gasteiger partial charge in [0.05, 0.1) is 0 Å². The second-order valence-corrected chi connectivity index (χ2v) is 4.03. The molecule has 0 saturated heterocycles. The maximum Gasteiger partial charge on any atom is 0.251 e. The van der Waals surface area contributed by atoms with E-state index in [1.165, 1.54) is 0 Å². The van der Waals surface area contributed by atoms with E-state index in [1.807, 2.05) is 0 Å². The molecule has 0 radical (unpaired) electrons. The molecule has 0 aliphatic heterocycles. The van der Waals surface area contributed by atoms with Gasteiger partial charge in [0, 0.05) is 31.4 Å². The first-order valence-electron chi connectivity index (χ1n) is 5.76. The molecular weight excluding hydrogens is 204 g/mol. The predicted molar refractivity (Wildman–Crippen MR) is 63.8 cm³/mol. The zero-order chi connectivity index (χ0) is 12.0. The zero-order valence-corrected chi connectivity index (χ0v) is 10.2. The van der Waals surface area contributed by atoms with Crippen molar-refractivity contribution in [1.82, 2.24) is 9.97 Å². The van der Waals surface area contributed by atoms with Crippen LogP contribution in [-0.4, -0.2) is 23.7 Å². The fourth-order valence-electron chi connectivity index (χ4n) is 1.48. The first-order chi connectivity index (χ1) is 7.67. The molecule has 90 valence electrons. The summed E-state index contributed by atoms with van der Waals surface area (Å²) in [7, 11) is 1.68. The Balaban J connectivity index is 2.77. The van der Waals surface area contributed by atoms with Crippen LogP contribution < -0.4 is 5.56 Å². The number of nitrogens with one attached hydrogen (secondary N) is 1. The van der Waals surface area contributed by atoms with Gasteiger partial charge >= 0.3 is 0 Å². The van der Waals surface area contributed by atoms with Crippen molar-refractivity contribution in [2.75, 3.05) is 13.7 Å². The number of ether oxygens (including phenoxy) is 1. The lowest BCUT2D eigenvalue weighted by Crippen LogP contribution is -2.14. The maximum absolute atomic E-state index is 11.4. The number of aromatic amines is 1. The SMILES string of the molecule is CCC(C)c1nc(CCCOC)cc(=O)[nH]1. The molecule has 0 saturated carbocycles. The fourth-order valence-corrected chi connectivity index (χ4v) is 1.48. The molecule has 0 aliphatic rings. The summed E-state index contributed by atoms with van der Waals surface area (Å²) >= 11 is 0. The lowest BCUT2D eigenvalue weighted by Gasteiger charge is -2.09. The van der Waals surface area contributed by atoms with Gasteiger partial charge in [0.2, 0.25) is 0 Å². The van der Waals surface area contributed by atoms with Crippen molar-refractivity contribution in [1.29, 1.82) is 0 Å². The van der Waals surface area contributed by atoms with Crippen molar-refractivity contribution < 1.29 is 4.74 Å². The summed E-state index contributed by atoms with van der Waals surface area (Å²) in [5.41, 5.74) is 0.800. The van der Waals surface area contributed by atoms with E-state index in [-0.39, 0.29) is 5.56 Å². The Kier molecular flexibility index (Phi) is 5.19. The Hall–Kier alpha value is -1.16. The molecule has 1 unspecified atom stereocenters. The molecule has 1 atom stereocenters. The van der Waals surface area contributed by atoms with E-state index in [9.17, 15) is 4.79 Å². The second-order valence-electron chi connectivity index (χ2n) is 4.03. The van der Waals surface area contributed by atoms with Gasteiger partial charge in [-0.15, -0.1) is 0 Å². The molecule has 1 rings (SSSR count). The Morgan fingerprint density at radius 2 is 2.31 bits per heavy atom. The fraction of sp³-hybridized carbons (Fsp3) is 0.667. The van der Waals surface area contributed by atoms with Crippen molar-refractivity contribution in [3.05, 3.63) is 27.9 Å². The first kappa shape index (κ1) is 12.9. The average Bonchev–Trinajstić information content (AvgIpc) is 2.27. The molecule has 1 N–H and O–H groups in total. The van der Waals surface area contributed by atoms with Crippen LogP contribution in [0.1, 0.15) is 44.1 Å². The van der Waals surface area contributed by atoms with Crippen molar-refractivity contribution >= 4 is 0 Å². The van der Waals surface area contributed by atoms with Gasteiger partial charge in [-0.1, -0.05) is 13.8 Å². The minimum atomic E-state index is -0.0577. The molecule has 0 amide bonds. The number of hydrogen-bond acceptors (Lipinski definition) is 3. The standard InChI is InChI=1S/C12H20N2O2/c1-4-9(2)12-13-10(6-5-7-16-3)8-11(15)14-12/h8-9H,4-7H2,1-3H3,(H,13,14,15). The molecule has 0 spiro atoms. The Bertz CT molecular complexity index is 374. The predicted octanol–water partition coefficient (Wildman–Crippen LogP) is 1.86. The topological polar surface area (TPSA) is 55.0 Å². The van der Waals surface area contributed by atoms with Crippen LogP contribution in [0.15, 0.2) is 10.9 Å². The molecule has 4 nitrogen and oxygen atoms in total. The Morgan fingerprint density at radius 1 is 1.56 bits per heavy atom. The molecule has 0 aliphatic carbocycles. The molecule has 4 heteroatoms. The van der Waals surface area contributed by atoms with Crippen LogP contribution in [0.5, 0.6) is 0 Å². The van der Waals surface area contributed by atoms with Crippen LogP contribution in [0.2, 0.25) is 0 Å².